The Bertz CT molecular complexity index is 1000. The SMILES string of the molecule is Cc1nnc(C(=O)NC2[C@@H]3CC[C@H]2CN(Cc2ccc4ccccc4n2)C3)o1. The first-order chi connectivity index (χ1) is 13.7. The van der Waals surface area contributed by atoms with Crippen molar-refractivity contribution >= 4 is 16.8 Å². The number of piperidine rings is 1. The van der Waals surface area contributed by atoms with Gasteiger partial charge in [-0.1, -0.05) is 24.3 Å². The molecule has 1 saturated heterocycles. The molecule has 7 heteroatoms. The monoisotopic (exact) mass is 377 g/mol. The van der Waals surface area contributed by atoms with Gasteiger partial charge in [0, 0.05) is 38.0 Å². The van der Waals surface area contributed by atoms with Crippen molar-refractivity contribution in [2.45, 2.75) is 32.4 Å². The van der Waals surface area contributed by atoms with Gasteiger partial charge in [-0.15, -0.1) is 10.2 Å². The van der Waals surface area contributed by atoms with E-state index in [4.69, 9.17) is 9.40 Å². The summed E-state index contributed by atoms with van der Waals surface area (Å²) in [5.74, 6) is 1.11. The second kappa shape index (κ2) is 6.98. The molecule has 1 aromatic carbocycles. The number of hydrogen-bond donors (Lipinski definition) is 1. The van der Waals surface area contributed by atoms with E-state index in [0.717, 1.165) is 43.7 Å². The molecule has 7 nitrogen and oxygen atoms in total. The third kappa shape index (κ3) is 3.26. The first-order valence-electron chi connectivity index (χ1n) is 9.84. The average molecular weight is 377 g/mol. The van der Waals surface area contributed by atoms with Gasteiger partial charge in [0.1, 0.15) is 0 Å². The Morgan fingerprint density at radius 2 is 1.93 bits per heavy atom. The van der Waals surface area contributed by atoms with Gasteiger partial charge < -0.3 is 9.73 Å². The highest BCUT2D eigenvalue weighted by atomic mass is 16.4. The van der Waals surface area contributed by atoms with Crippen LogP contribution in [0.5, 0.6) is 0 Å². The van der Waals surface area contributed by atoms with Crippen molar-refractivity contribution in [1.82, 2.24) is 25.4 Å². The van der Waals surface area contributed by atoms with Gasteiger partial charge in [0.25, 0.3) is 0 Å². The van der Waals surface area contributed by atoms with Crippen LogP contribution in [-0.4, -0.2) is 45.1 Å². The summed E-state index contributed by atoms with van der Waals surface area (Å²) in [6.45, 7) is 4.48. The Balaban J connectivity index is 1.25. The maximum atomic E-state index is 12.4. The fourth-order valence-corrected chi connectivity index (χ4v) is 4.71. The number of fused-ring (bicyclic) bond motifs is 3. The molecule has 3 heterocycles. The number of aromatic nitrogens is 3. The van der Waals surface area contributed by atoms with Gasteiger partial charge in [-0.2, -0.15) is 0 Å². The van der Waals surface area contributed by atoms with Gasteiger partial charge in [0.2, 0.25) is 5.89 Å². The number of aryl methyl sites for hydroxylation is 1. The Labute approximate surface area is 163 Å². The quantitative estimate of drug-likeness (QED) is 0.752. The van der Waals surface area contributed by atoms with Gasteiger partial charge in [-0.3, -0.25) is 14.7 Å². The van der Waals surface area contributed by atoms with E-state index in [1.54, 1.807) is 6.92 Å². The highest BCUT2D eigenvalue weighted by Gasteiger charge is 2.43. The molecular formula is C21H23N5O2. The summed E-state index contributed by atoms with van der Waals surface area (Å²) in [7, 11) is 0. The smallest absolute Gasteiger partial charge is 0.309 e. The summed E-state index contributed by atoms with van der Waals surface area (Å²) in [5, 5.41) is 11.9. The third-order valence-electron chi connectivity index (χ3n) is 5.97. The Morgan fingerprint density at radius 1 is 1.14 bits per heavy atom. The van der Waals surface area contributed by atoms with Gasteiger partial charge in [-0.25, -0.2) is 0 Å². The lowest BCUT2D eigenvalue weighted by Gasteiger charge is -2.38. The number of hydrogen-bond acceptors (Lipinski definition) is 6. The number of nitrogens with one attached hydrogen (secondary N) is 1. The van der Waals surface area contributed by atoms with E-state index in [-0.39, 0.29) is 17.8 Å². The molecule has 1 N–H and O–H groups in total. The number of rotatable bonds is 4. The van der Waals surface area contributed by atoms with Gasteiger partial charge >= 0.3 is 11.8 Å². The molecule has 2 aliphatic rings. The Morgan fingerprint density at radius 3 is 2.68 bits per heavy atom. The third-order valence-corrected chi connectivity index (χ3v) is 5.97. The number of nitrogens with zero attached hydrogens (tertiary/aromatic N) is 4. The number of benzene rings is 1. The van der Waals surface area contributed by atoms with Crippen molar-refractivity contribution < 1.29 is 9.21 Å². The molecular weight excluding hydrogens is 354 g/mol. The van der Waals surface area contributed by atoms with Crippen LogP contribution < -0.4 is 5.32 Å². The van der Waals surface area contributed by atoms with Crippen LogP contribution in [0.4, 0.5) is 0 Å². The van der Waals surface area contributed by atoms with E-state index in [2.05, 4.69) is 44.7 Å². The highest BCUT2D eigenvalue weighted by molar-refractivity contribution is 5.89. The maximum absolute atomic E-state index is 12.4. The predicted molar refractivity (Wildman–Crippen MR) is 104 cm³/mol. The predicted octanol–water partition coefficient (Wildman–Crippen LogP) is 2.57. The topological polar surface area (TPSA) is 84.2 Å². The summed E-state index contributed by atoms with van der Waals surface area (Å²) >= 11 is 0. The molecule has 1 aliphatic heterocycles. The summed E-state index contributed by atoms with van der Waals surface area (Å²) in [4.78, 5) is 19.7. The molecule has 1 aliphatic carbocycles. The molecule has 2 bridgehead atoms. The van der Waals surface area contributed by atoms with E-state index in [1.807, 2.05) is 12.1 Å². The maximum Gasteiger partial charge on any atom is 0.309 e. The normalized spacial score (nSPS) is 24.5. The molecule has 2 aromatic heterocycles. The second-order valence-corrected chi connectivity index (χ2v) is 7.91. The van der Waals surface area contributed by atoms with Crippen molar-refractivity contribution in [2.75, 3.05) is 13.1 Å². The minimum atomic E-state index is -0.257. The first-order valence-corrected chi connectivity index (χ1v) is 9.84. The number of para-hydroxylation sites is 1. The van der Waals surface area contributed by atoms with Crippen LogP contribution in [0.3, 0.4) is 0 Å². The molecule has 2 fully saturated rings. The first kappa shape index (κ1) is 17.3. The lowest BCUT2D eigenvalue weighted by atomic mass is 9.92. The van der Waals surface area contributed by atoms with Crippen molar-refractivity contribution in [3.63, 3.8) is 0 Å². The van der Waals surface area contributed by atoms with Crippen LogP contribution in [0.25, 0.3) is 10.9 Å². The molecule has 1 unspecified atom stereocenters. The minimum Gasteiger partial charge on any atom is -0.417 e. The Hall–Kier alpha value is -2.80. The van der Waals surface area contributed by atoms with Crippen LogP contribution in [0, 0.1) is 18.8 Å². The van der Waals surface area contributed by atoms with Crippen LogP contribution in [-0.2, 0) is 6.54 Å². The molecule has 0 spiro atoms. The van der Waals surface area contributed by atoms with E-state index in [1.165, 1.54) is 5.39 Å². The van der Waals surface area contributed by atoms with E-state index >= 15 is 0 Å². The molecule has 0 radical (unpaired) electrons. The molecule has 5 rings (SSSR count). The fraction of sp³-hybridized carbons (Fsp3) is 0.429. The van der Waals surface area contributed by atoms with E-state index in [0.29, 0.717) is 17.7 Å². The van der Waals surface area contributed by atoms with Crippen molar-refractivity contribution in [3.05, 3.63) is 53.9 Å². The number of carbonyl (C=O) groups is 1. The van der Waals surface area contributed by atoms with Crippen molar-refractivity contribution in [1.29, 1.82) is 0 Å². The zero-order chi connectivity index (χ0) is 19.1. The van der Waals surface area contributed by atoms with E-state index in [9.17, 15) is 4.79 Å². The molecule has 144 valence electrons. The standard InChI is InChI=1S/C21H23N5O2/c1-13-24-25-21(28-13)20(27)23-19-15-6-7-16(19)11-26(10-15)12-17-9-8-14-4-2-3-5-18(14)22-17/h2-5,8-9,15-16,19H,6-7,10-12H2,1H3,(H,23,27)/t15-,16+,19?. The number of carbonyl (C=O) groups excluding carboxylic acids is 1. The fourth-order valence-electron chi connectivity index (χ4n) is 4.71. The lowest BCUT2D eigenvalue weighted by molar-refractivity contribution is 0.0790. The van der Waals surface area contributed by atoms with Gasteiger partial charge in [0.05, 0.1) is 11.2 Å². The molecule has 1 amide bonds. The summed E-state index contributed by atoms with van der Waals surface area (Å²) < 4.78 is 5.26. The van der Waals surface area contributed by atoms with Crippen LogP contribution in [0.2, 0.25) is 0 Å². The van der Waals surface area contributed by atoms with Crippen molar-refractivity contribution in [3.8, 4) is 0 Å². The van der Waals surface area contributed by atoms with Crippen LogP contribution in [0.1, 0.15) is 35.1 Å². The number of pyridine rings is 1. The number of likely N-dealkylation sites (tertiary alicyclic amines) is 1. The summed E-state index contributed by atoms with van der Waals surface area (Å²) in [6, 6.07) is 12.7. The summed E-state index contributed by atoms with van der Waals surface area (Å²) in [6.07, 6.45) is 2.28. The summed E-state index contributed by atoms with van der Waals surface area (Å²) in [5.41, 5.74) is 2.14. The number of amides is 1. The van der Waals surface area contributed by atoms with Crippen LogP contribution in [0.15, 0.2) is 40.8 Å². The zero-order valence-corrected chi connectivity index (χ0v) is 15.8. The average Bonchev–Trinajstić information content (AvgIpc) is 3.22. The van der Waals surface area contributed by atoms with Crippen molar-refractivity contribution in [2.24, 2.45) is 11.8 Å². The molecule has 28 heavy (non-hydrogen) atoms. The largest absolute Gasteiger partial charge is 0.417 e. The molecule has 1 saturated carbocycles. The van der Waals surface area contributed by atoms with Gasteiger partial charge in [0.15, 0.2) is 0 Å². The zero-order valence-electron chi connectivity index (χ0n) is 15.8. The Kier molecular flexibility index (Phi) is 4.31. The highest BCUT2D eigenvalue weighted by Crippen LogP contribution is 2.37. The van der Waals surface area contributed by atoms with Crippen LogP contribution >= 0.6 is 0 Å². The van der Waals surface area contributed by atoms with E-state index < -0.39 is 0 Å². The molecule has 3 aromatic rings. The lowest BCUT2D eigenvalue weighted by Crippen LogP contribution is -2.52. The second-order valence-electron chi connectivity index (χ2n) is 7.91. The minimum absolute atomic E-state index is 0.0553. The molecule has 3 atom stereocenters. The van der Waals surface area contributed by atoms with Gasteiger partial charge in [-0.05, 0) is 36.8 Å².